The Bertz CT molecular complexity index is 1190. The van der Waals surface area contributed by atoms with Crippen molar-refractivity contribution in [2.45, 2.75) is 65.2 Å². The van der Waals surface area contributed by atoms with Crippen molar-refractivity contribution in [3.8, 4) is 11.5 Å². The van der Waals surface area contributed by atoms with Gasteiger partial charge in [0, 0.05) is 6.42 Å². The first-order valence-corrected chi connectivity index (χ1v) is 11.9. The van der Waals surface area contributed by atoms with Crippen LogP contribution in [0.4, 0.5) is 0 Å². The Hall–Kier alpha value is -3.87. The topological polar surface area (TPSA) is 101 Å². The zero-order valence-corrected chi connectivity index (χ0v) is 21.7. The summed E-state index contributed by atoms with van der Waals surface area (Å²) in [4.78, 5) is 24.3. The molecular formula is C29H34N2O5. The highest BCUT2D eigenvalue weighted by Gasteiger charge is 2.26. The van der Waals surface area contributed by atoms with Crippen LogP contribution in [0, 0.1) is 0 Å². The Kier molecular flexibility index (Phi) is 8.03. The molecule has 0 unspecified atom stereocenters. The smallest absolute Gasteiger partial charge is 0.379 e. The second-order valence-electron chi connectivity index (χ2n) is 10.8. The molecule has 0 saturated heterocycles. The molecule has 1 amide bonds. The fourth-order valence-electron chi connectivity index (χ4n) is 3.65. The summed E-state index contributed by atoms with van der Waals surface area (Å²) in [6.45, 7) is 12.4. The quantitative estimate of drug-likeness (QED) is 0.186. The largest absolute Gasteiger partial charge is 0.507 e. The number of rotatable bonds is 7. The molecule has 0 spiro atoms. The molecule has 0 atom stereocenters. The fraction of sp³-hybridized carbons (Fsp3) is 0.345. The molecule has 0 aliphatic carbocycles. The molecule has 2 N–H and O–H groups in total. The monoisotopic (exact) mass is 490 g/mol. The normalized spacial score (nSPS) is 12.1. The SMILES string of the molecule is CC(C)(C)c1cc(CCC(=O)N/N=C\c2ccc(OC(=O)c3ccco3)cc2)cc(C(C)(C)C)c1O. The highest BCUT2D eigenvalue weighted by atomic mass is 16.5. The summed E-state index contributed by atoms with van der Waals surface area (Å²) >= 11 is 0. The molecule has 3 rings (SSSR count). The number of amides is 1. The molecule has 2 aromatic carbocycles. The molecule has 0 fully saturated rings. The number of carbonyl (C=O) groups is 2. The number of hydrogen-bond donors (Lipinski definition) is 2. The molecule has 1 heterocycles. The maximum atomic E-state index is 12.4. The predicted molar refractivity (Wildman–Crippen MR) is 140 cm³/mol. The number of nitrogens with zero attached hydrogens (tertiary/aromatic N) is 1. The minimum atomic E-state index is -0.577. The van der Waals surface area contributed by atoms with Gasteiger partial charge in [0.25, 0.3) is 0 Å². The van der Waals surface area contributed by atoms with E-state index in [0.29, 0.717) is 17.9 Å². The van der Waals surface area contributed by atoms with Gasteiger partial charge >= 0.3 is 5.97 Å². The van der Waals surface area contributed by atoms with Gasteiger partial charge in [0.1, 0.15) is 11.5 Å². The molecule has 0 bridgehead atoms. The van der Waals surface area contributed by atoms with Gasteiger partial charge < -0.3 is 14.3 Å². The summed E-state index contributed by atoms with van der Waals surface area (Å²) in [6.07, 6.45) is 3.72. The number of aromatic hydroxyl groups is 1. The number of esters is 1. The predicted octanol–water partition coefficient (Wildman–Crippen LogP) is 5.88. The van der Waals surface area contributed by atoms with Crippen LogP contribution in [-0.4, -0.2) is 23.2 Å². The van der Waals surface area contributed by atoms with Gasteiger partial charge in [-0.2, -0.15) is 5.10 Å². The van der Waals surface area contributed by atoms with Crippen molar-refractivity contribution in [2.24, 2.45) is 5.10 Å². The second-order valence-corrected chi connectivity index (χ2v) is 10.8. The maximum Gasteiger partial charge on any atom is 0.379 e. The number of carbonyl (C=O) groups excluding carboxylic acids is 2. The molecule has 0 radical (unpaired) electrons. The summed E-state index contributed by atoms with van der Waals surface area (Å²) in [7, 11) is 0. The van der Waals surface area contributed by atoms with Crippen molar-refractivity contribution in [1.82, 2.24) is 5.43 Å². The Morgan fingerprint density at radius 3 is 2.14 bits per heavy atom. The van der Waals surface area contributed by atoms with Crippen LogP contribution in [0.3, 0.4) is 0 Å². The van der Waals surface area contributed by atoms with E-state index in [1.807, 2.05) is 12.1 Å². The minimum Gasteiger partial charge on any atom is -0.507 e. The van der Waals surface area contributed by atoms with Crippen LogP contribution in [0.5, 0.6) is 11.5 Å². The summed E-state index contributed by atoms with van der Waals surface area (Å²) < 4.78 is 10.2. The zero-order valence-electron chi connectivity index (χ0n) is 21.7. The number of ether oxygens (including phenoxy) is 1. The van der Waals surface area contributed by atoms with E-state index in [-0.39, 0.29) is 28.9 Å². The molecular weight excluding hydrogens is 456 g/mol. The van der Waals surface area contributed by atoms with Crippen LogP contribution in [0.25, 0.3) is 0 Å². The van der Waals surface area contributed by atoms with Crippen molar-refractivity contribution >= 4 is 18.1 Å². The number of phenolic OH excluding ortho intramolecular Hbond substituents is 1. The maximum absolute atomic E-state index is 12.4. The van der Waals surface area contributed by atoms with E-state index in [2.05, 4.69) is 52.1 Å². The van der Waals surface area contributed by atoms with E-state index in [4.69, 9.17) is 9.15 Å². The number of furan rings is 1. The number of hydrazone groups is 1. The summed E-state index contributed by atoms with van der Waals surface area (Å²) in [5.74, 6) is 0.0368. The van der Waals surface area contributed by atoms with Gasteiger partial charge in [0.05, 0.1) is 12.5 Å². The van der Waals surface area contributed by atoms with E-state index in [1.54, 1.807) is 30.3 Å². The van der Waals surface area contributed by atoms with Gasteiger partial charge in [-0.1, -0.05) is 53.7 Å². The van der Waals surface area contributed by atoms with Crippen molar-refractivity contribution < 1.29 is 23.8 Å². The van der Waals surface area contributed by atoms with Crippen LogP contribution in [0.1, 0.15) is 80.8 Å². The number of phenols is 1. The molecule has 7 heteroatoms. The lowest BCUT2D eigenvalue weighted by Gasteiger charge is -2.28. The number of benzene rings is 2. The molecule has 36 heavy (non-hydrogen) atoms. The molecule has 1 aromatic heterocycles. The molecule has 7 nitrogen and oxygen atoms in total. The average molecular weight is 491 g/mol. The number of nitrogens with one attached hydrogen (secondary N) is 1. The van der Waals surface area contributed by atoms with E-state index in [9.17, 15) is 14.7 Å². The summed E-state index contributed by atoms with van der Waals surface area (Å²) in [5.41, 5.74) is 5.59. The van der Waals surface area contributed by atoms with Crippen LogP contribution in [0.15, 0.2) is 64.3 Å². The van der Waals surface area contributed by atoms with Crippen LogP contribution in [-0.2, 0) is 22.0 Å². The van der Waals surface area contributed by atoms with E-state index in [1.165, 1.54) is 18.5 Å². The standard InChI is InChI=1S/C29H34N2O5/c1-28(2,3)22-16-20(17-23(26(22)33)29(4,5)6)11-14-25(32)31-30-18-19-9-12-21(13-10-19)36-27(34)24-8-7-15-35-24/h7-10,12-13,15-18,33H,11,14H2,1-6H3,(H,31,32)/b30-18-. The van der Waals surface area contributed by atoms with E-state index < -0.39 is 5.97 Å². The lowest BCUT2D eigenvalue weighted by Crippen LogP contribution is -2.20. The third kappa shape index (κ3) is 7.07. The van der Waals surface area contributed by atoms with Gasteiger partial charge in [-0.05, 0) is 75.9 Å². The molecule has 0 aliphatic heterocycles. The second kappa shape index (κ2) is 10.8. The first kappa shape index (κ1) is 26.7. The number of hydrogen-bond acceptors (Lipinski definition) is 6. The third-order valence-corrected chi connectivity index (χ3v) is 5.64. The van der Waals surface area contributed by atoms with Crippen molar-refractivity contribution in [2.75, 3.05) is 0 Å². The van der Waals surface area contributed by atoms with Gasteiger partial charge in [0.2, 0.25) is 11.7 Å². The van der Waals surface area contributed by atoms with Gasteiger partial charge in [-0.15, -0.1) is 0 Å². The van der Waals surface area contributed by atoms with E-state index >= 15 is 0 Å². The highest BCUT2D eigenvalue weighted by molar-refractivity contribution is 5.88. The van der Waals surface area contributed by atoms with Crippen LogP contribution < -0.4 is 10.2 Å². The Morgan fingerprint density at radius 1 is 1.00 bits per heavy atom. The lowest BCUT2D eigenvalue weighted by atomic mass is 9.78. The summed E-state index contributed by atoms with van der Waals surface area (Å²) in [5, 5.41) is 14.9. The lowest BCUT2D eigenvalue weighted by molar-refractivity contribution is -0.121. The third-order valence-electron chi connectivity index (χ3n) is 5.64. The van der Waals surface area contributed by atoms with E-state index in [0.717, 1.165) is 22.3 Å². The van der Waals surface area contributed by atoms with Crippen LogP contribution in [0.2, 0.25) is 0 Å². The molecule has 0 saturated carbocycles. The molecule has 190 valence electrons. The Balaban J connectivity index is 1.57. The Labute approximate surface area is 212 Å². The minimum absolute atomic E-state index is 0.125. The highest BCUT2D eigenvalue weighted by Crippen LogP contribution is 2.40. The first-order chi connectivity index (χ1) is 16.8. The average Bonchev–Trinajstić information content (AvgIpc) is 3.33. The van der Waals surface area contributed by atoms with Gasteiger partial charge in [0.15, 0.2) is 0 Å². The van der Waals surface area contributed by atoms with Crippen LogP contribution >= 0.6 is 0 Å². The van der Waals surface area contributed by atoms with Crippen molar-refractivity contribution in [1.29, 1.82) is 0 Å². The molecule has 0 aliphatic rings. The first-order valence-electron chi connectivity index (χ1n) is 11.9. The van der Waals surface area contributed by atoms with Gasteiger partial charge in [-0.3, -0.25) is 4.79 Å². The van der Waals surface area contributed by atoms with Crippen molar-refractivity contribution in [3.63, 3.8) is 0 Å². The van der Waals surface area contributed by atoms with Crippen molar-refractivity contribution in [3.05, 3.63) is 82.8 Å². The molecule has 3 aromatic rings. The fourth-order valence-corrected chi connectivity index (χ4v) is 3.65. The zero-order chi connectivity index (χ0) is 26.5. The summed E-state index contributed by atoms with van der Waals surface area (Å²) in [6, 6.07) is 13.8. The van der Waals surface area contributed by atoms with Gasteiger partial charge in [-0.25, -0.2) is 10.2 Å². The number of aryl methyl sites for hydroxylation is 1. The Morgan fingerprint density at radius 2 is 1.61 bits per heavy atom.